The van der Waals surface area contributed by atoms with E-state index in [9.17, 15) is 14.4 Å². The molecule has 9 heteroatoms. The van der Waals surface area contributed by atoms with Crippen LogP contribution in [0.4, 0.5) is 0 Å². The maximum atomic E-state index is 13.2. The molecule has 0 aliphatic rings. The van der Waals surface area contributed by atoms with Gasteiger partial charge in [0.05, 0.1) is 29.4 Å². The second-order valence-corrected chi connectivity index (χ2v) is 7.38. The highest BCUT2D eigenvalue weighted by Crippen LogP contribution is 2.18. The monoisotopic (exact) mass is 443 g/mol. The van der Waals surface area contributed by atoms with Crippen LogP contribution >= 0.6 is 23.2 Å². The maximum absolute atomic E-state index is 13.2. The molecule has 2 aromatic heterocycles. The zero-order valence-corrected chi connectivity index (χ0v) is 17.0. The molecular weight excluding hydrogens is 429 g/mol. The summed E-state index contributed by atoms with van der Waals surface area (Å²) in [5.74, 6) is 0.151. The van der Waals surface area contributed by atoms with Crippen molar-refractivity contribution < 1.29 is 9.21 Å². The smallest absolute Gasteiger partial charge is 0.336 e. The average molecular weight is 444 g/mol. The van der Waals surface area contributed by atoms with Crippen LogP contribution in [0.5, 0.6) is 0 Å². The fraction of sp³-hybridized carbons (Fsp3) is 0.0952. The number of halogens is 2. The van der Waals surface area contributed by atoms with Crippen LogP contribution in [0, 0.1) is 0 Å². The summed E-state index contributed by atoms with van der Waals surface area (Å²) in [5.41, 5.74) is -0.630. The van der Waals surface area contributed by atoms with Gasteiger partial charge in [0, 0.05) is 10.0 Å². The van der Waals surface area contributed by atoms with Gasteiger partial charge in [-0.25, -0.2) is 9.36 Å². The van der Waals surface area contributed by atoms with E-state index in [0.717, 1.165) is 4.57 Å². The number of nitrogens with zero attached hydrogens (tertiary/aromatic N) is 2. The van der Waals surface area contributed by atoms with Crippen molar-refractivity contribution in [2.75, 3.05) is 0 Å². The Morgan fingerprint density at radius 1 is 1.00 bits per heavy atom. The van der Waals surface area contributed by atoms with E-state index in [0.29, 0.717) is 21.5 Å². The molecule has 0 fully saturated rings. The Balaban J connectivity index is 1.83. The number of amides is 1. The van der Waals surface area contributed by atoms with Gasteiger partial charge in [0.2, 0.25) is 5.91 Å². The topological polar surface area (TPSA) is 86.2 Å². The van der Waals surface area contributed by atoms with Crippen LogP contribution in [0.2, 0.25) is 10.0 Å². The molecular formula is C21H15Cl2N3O4. The molecule has 0 bridgehead atoms. The van der Waals surface area contributed by atoms with Crippen molar-refractivity contribution in [1.82, 2.24) is 14.5 Å². The van der Waals surface area contributed by atoms with Crippen LogP contribution in [0.1, 0.15) is 5.76 Å². The van der Waals surface area contributed by atoms with Gasteiger partial charge in [-0.2, -0.15) is 0 Å². The van der Waals surface area contributed by atoms with Crippen molar-refractivity contribution in [2.24, 2.45) is 0 Å². The van der Waals surface area contributed by atoms with Gasteiger partial charge in [0.15, 0.2) is 0 Å². The molecule has 0 saturated carbocycles. The zero-order valence-electron chi connectivity index (χ0n) is 15.5. The molecule has 30 heavy (non-hydrogen) atoms. The number of furan rings is 1. The lowest BCUT2D eigenvalue weighted by atomic mass is 10.2. The first kappa shape index (κ1) is 20.0. The van der Waals surface area contributed by atoms with Gasteiger partial charge >= 0.3 is 5.69 Å². The Morgan fingerprint density at radius 2 is 1.80 bits per heavy atom. The Morgan fingerprint density at radius 3 is 2.53 bits per heavy atom. The number of fused-ring (bicyclic) bond motifs is 1. The summed E-state index contributed by atoms with van der Waals surface area (Å²) in [5, 5.41) is 3.65. The molecule has 0 aliphatic heterocycles. The molecule has 0 radical (unpaired) electrons. The Bertz CT molecular complexity index is 1360. The Hall–Kier alpha value is -3.29. The number of aromatic nitrogens is 2. The van der Waals surface area contributed by atoms with Crippen LogP contribution in [0.15, 0.2) is 74.9 Å². The molecule has 0 atom stereocenters. The van der Waals surface area contributed by atoms with Crippen molar-refractivity contribution in [1.29, 1.82) is 0 Å². The average Bonchev–Trinajstić information content (AvgIpc) is 3.23. The molecule has 7 nitrogen and oxygen atoms in total. The lowest BCUT2D eigenvalue weighted by Crippen LogP contribution is -2.41. The first-order valence-electron chi connectivity index (χ1n) is 8.94. The summed E-state index contributed by atoms with van der Waals surface area (Å²) in [6.07, 6.45) is 1.50. The number of hydrogen-bond donors (Lipinski definition) is 1. The van der Waals surface area contributed by atoms with Gasteiger partial charge in [0.1, 0.15) is 12.3 Å². The van der Waals surface area contributed by atoms with Gasteiger partial charge in [-0.05, 0) is 48.5 Å². The second kappa shape index (κ2) is 8.22. The second-order valence-electron chi connectivity index (χ2n) is 6.51. The van der Waals surface area contributed by atoms with Gasteiger partial charge in [0.25, 0.3) is 5.56 Å². The molecule has 4 aromatic rings. The van der Waals surface area contributed by atoms with Crippen molar-refractivity contribution >= 4 is 40.0 Å². The van der Waals surface area contributed by atoms with Crippen LogP contribution < -0.4 is 16.6 Å². The van der Waals surface area contributed by atoms with E-state index in [-0.39, 0.29) is 24.0 Å². The van der Waals surface area contributed by atoms with Gasteiger partial charge in [-0.1, -0.05) is 29.3 Å². The molecule has 4 rings (SSSR count). The quantitative estimate of drug-likeness (QED) is 0.512. The minimum Gasteiger partial charge on any atom is -0.467 e. The maximum Gasteiger partial charge on any atom is 0.336 e. The third kappa shape index (κ3) is 3.90. The summed E-state index contributed by atoms with van der Waals surface area (Å²) in [6.45, 7) is -0.134. The number of carbonyl (C=O) groups excluding carboxylic acids is 1. The summed E-state index contributed by atoms with van der Waals surface area (Å²) in [6, 6.07) is 14.4. The molecule has 2 aromatic carbocycles. The van der Waals surface area contributed by atoms with E-state index in [1.54, 1.807) is 36.4 Å². The van der Waals surface area contributed by atoms with E-state index in [2.05, 4.69) is 5.32 Å². The fourth-order valence-electron chi connectivity index (χ4n) is 3.13. The van der Waals surface area contributed by atoms with Crippen molar-refractivity contribution in [3.63, 3.8) is 0 Å². The van der Waals surface area contributed by atoms with Crippen LogP contribution in [0.3, 0.4) is 0 Å². The van der Waals surface area contributed by atoms with Gasteiger partial charge < -0.3 is 9.73 Å². The Kier molecular flexibility index (Phi) is 5.48. The molecule has 0 unspecified atom stereocenters. The zero-order chi connectivity index (χ0) is 21.3. The molecule has 1 amide bonds. The predicted molar refractivity (Wildman–Crippen MR) is 114 cm³/mol. The highest BCUT2D eigenvalue weighted by molar-refractivity contribution is 6.31. The predicted octanol–water partition coefficient (Wildman–Crippen LogP) is 3.37. The third-order valence-corrected chi connectivity index (χ3v) is 4.98. The number of benzene rings is 2. The van der Waals surface area contributed by atoms with Gasteiger partial charge in [-0.15, -0.1) is 0 Å². The number of carbonyl (C=O) groups is 1. The lowest BCUT2D eigenvalue weighted by Gasteiger charge is -2.14. The minimum absolute atomic E-state index is 0.174. The minimum atomic E-state index is -0.676. The molecule has 0 aliphatic carbocycles. The van der Waals surface area contributed by atoms with Crippen molar-refractivity contribution in [2.45, 2.75) is 13.1 Å². The summed E-state index contributed by atoms with van der Waals surface area (Å²) >= 11 is 12.1. The van der Waals surface area contributed by atoms with Crippen molar-refractivity contribution in [3.05, 3.63) is 97.5 Å². The van der Waals surface area contributed by atoms with E-state index < -0.39 is 17.2 Å². The third-order valence-electron chi connectivity index (χ3n) is 4.51. The molecule has 0 spiro atoms. The van der Waals surface area contributed by atoms with E-state index >= 15 is 0 Å². The summed E-state index contributed by atoms with van der Waals surface area (Å²) in [7, 11) is 0. The van der Waals surface area contributed by atoms with E-state index in [4.69, 9.17) is 27.6 Å². The first-order chi connectivity index (χ1) is 14.4. The molecule has 1 N–H and O–H groups in total. The number of nitrogens with one attached hydrogen (secondary N) is 1. The van der Waals surface area contributed by atoms with E-state index in [1.807, 2.05) is 0 Å². The standard InChI is InChI=1S/C21H15Cl2N3O4/c22-13-3-1-4-15(9-13)26-20(28)17-7-6-14(23)10-18(17)25(21(26)29)12-19(27)24-11-16-5-2-8-30-16/h1-10H,11-12H2,(H,24,27). The highest BCUT2D eigenvalue weighted by atomic mass is 35.5. The molecule has 0 saturated heterocycles. The van der Waals surface area contributed by atoms with Gasteiger partial charge in [-0.3, -0.25) is 14.2 Å². The van der Waals surface area contributed by atoms with Crippen LogP contribution in [0.25, 0.3) is 16.6 Å². The van der Waals surface area contributed by atoms with Crippen LogP contribution in [-0.4, -0.2) is 15.0 Å². The highest BCUT2D eigenvalue weighted by Gasteiger charge is 2.17. The van der Waals surface area contributed by atoms with Crippen LogP contribution in [-0.2, 0) is 17.9 Å². The van der Waals surface area contributed by atoms with E-state index in [1.165, 1.54) is 29.0 Å². The van der Waals surface area contributed by atoms with Crippen molar-refractivity contribution in [3.8, 4) is 5.69 Å². The SMILES string of the molecule is O=C(Cn1c(=O)n(-c2cccc(Cl)c2)c(=O)c2ccc(Cl)cc21)NCc1ccco1. The summed E-state index contributed by atoms with van der Waals surface area (Å²) in [4.78, 5) is 38.8. The summed E-state index contributed by atoms with van der Waals surface area (Å²) < 4.78 is 7.39. The first-order valence-corrected chi connectivity index (χ1v) is 9.70. The molecule has 152 valence electrons. The lowest BCUT2D eigenvalue weighted by molar-refractivity contribution is -0.121. The normalized spacial score (nSPS) is 11.0. The fourth-order valence-corrected chi connectivity index (χ4v) is 3.48. The Labute approximate surface area is 180 Å². The largest absolute Gasteiger partial charge is 0.467 e. The number of rotatable bonds is 5. The number of hydrogen-bond acceptors (Lipinski definition) is 4. The molecule has 2 heterocycles.